The van der Waals surface area contributed by atoms with Crippen molar-refractivity contribution in [2.45, 2.75) is 6.54 Å². The topological polar surface area (TPSA) is 91.9 Å². The highest BCUT2D eigenvalue weighted by molar-refractivity contribution is 5.99. The molecule has 2 saturated heterocycles. The van der Waals surface area contributed by atoms with E-state index in [0.717, 1.165) is 68.7 Å². The van der Waals surface area contributed by atoms with Crippen molar-refractivity contribution in [1.29, 1.82) is 0 Å². The molecule has 3 heterocycles. The van der Waals surface area contributed by atoms with E-state index >= 15 is 0 Å². The number of anilines is 3. The van der Waals surface area contributed by atoms with Crippen LogP contribution in [0.2, 0.25) is 0 Å². The van der Waals surface area contributed by atoms with E-state index in [-0.39, 0.29) is 6.03 Å². The second kappa shape index (κ2) is 11.3. The van der Waals surface area contributed by atoms with Gasteiger partial charge in [-0.3, -0.25) is 4.90 Å². The predicted octanol–water partition coefficient (Wildman–Crippen LogP) is 3.46. The van der Waals surface area contributed by atoms with Gasteiger partial charge in [0, 0.05) is 55.7 Å². The van der Waals surface area contributed by atoms with Gasteiger partial charge in [-0.1, -0.05) is 18.2 Å². The molecule has 2 aliphatic heterocycles. The Hall–Kier alpha value is -3.53. The molecular weight excluding hydrogens is 444 g/mol. The molecule has 0 bridgehead atoms. The largest absolute Gasteiger partial charge is 0.379 e. The number of ether oxygens (including phenoxy) is 2. The minimum absolute atomic E-state index is 0.290. The molecule has 0 unspecified atom stereocenters. The number of hydrogen-bond acceptors (Lipinski definition) is 7. The number of urea groups is 1. The maximum Gasteiger partial charge on any atom is 0.323 e. The smallest absolute Gasteiger partial charge is 0.323 e. The van der Waals surface area contributed by atoms with Crippen LogP contribution in [0.4, 0.5) is 22.0 Å². The van der Waals surface area contributed by atoms with Crippen molar-refractivity contribution in [2.24, 2.45) is 0 Å². The first-order valence-electron chi connectivity index (χ1n) is 12.0. The van der Waals surface area contributed by atoms with Crippen LogP contribution in [0, 0.1) is 0 Å². The average molecular weight is 475 g/mol. The first-order valence-corrected chi connectivity index (χ1v) is 12.0. The summed E-state index contributed by atoms with van der Waals surface area (Å²) < 4.78 is 11.0. The van der Waals surface area contributed by atoms with Gasteiger partial charge in [0.1, 0.15) is 5.82 Å². The summed E-state index contributed by atoms with van der Waals surface area (Å²) in [6.07, 6.45) is 0. The quantitative estimate of drug-likeness (QED) is 0.565. The van der Waals surface area contributed by atoms with E-state index < -0.39 is 0 Å². The number of nitrogens with zero attached hydrogens (tertiary/aromatic N) is 4. The fourth-order valence-corrected chi connectivity index (χ4v) is 4.15. The van der Waals surface area contributed by atoms with Gasteiger partial charge in [-0.2, -0.15) is 0 Å². The number of hydrogen-bond donors (Lipinski definition) is 2. The molecule has 35 heavy (non-hydrogen) atoms. The molecule has 2 N–H and O–H groups in total. The lowest BCUT2D eigenvalue weighted by atomic mass is 10.2. The van der Waals surface area contributed by atoms with E-state index in [1.165, 1.54) is 0 Å². The van der Waals surface area contributed by atoms with Crippen LogP contribution in [-0.4, -0.2) is 73.5 Å². The van der Waals surface area contributed by atoms with E-state index in [4.69, 9.17) is 19.4 Å². The standard InChI is InChI=1S/C26H30N6O3/c33-26(28-21-4-2-1-3-5-21)29-22-8-6-20(7-9-22)25-27-23(19-31-10-14-34-15-11-31)18-24(30-25)32-12-16-35-17-13-32/h1-9,18H,10-17,19H2,(H2,28,29,33). The third-order valence-corrected chi connectivity index (χ3v) is 6.02. The maximum atomic E-state index is 12.3. The zero-order chi connectivity index (χ0) is 23.9. The maximum absolute atomic E-state index is 12.3. The Kier molecular flexibility index (Phi) is 7.47. The Morgan fingerprint density at radius 2 is 1.43 bits per heavy atom. The molecule has 3 aromatic rings. The summed E-state index contributed by atoms with van der Waals surface area (Å²) in [5.74, 6) is 1.60. The lowest BCUT2D eigenvalue weighted by Gasteiger charge is -2.29. The summed E-state index contributed by atoms with van der Waals surface area (Å²) in [6.45, 7) is 7.08. The van der Waals surface area contributed by atoms with Gasteiger partial charge in [-0.05, 0) is 36.4 Å². The van der Waals surface area contributed by atoms with E-state index in [2.05, 4.69) is 26.5 Å². The number of para-hydroxylation sites is 1. The van der Waals surface area contributed by atoms with E-state index in [1.807, 2.05) is 54.6 Å². The number of benzene rings is 2. The fraction of sp³-hybridized carbons (Fsp3) is 0.346. The molecule has 0 atom stereocenters. The number of carbonyl (C=O) groups is 1. The summed E-state index contributed by atoms with van der Waals surface area (Å²) in [6, 6.07) is 18.8. The lowest BCUT2D eigenvalue weighted by Crippen LogP contribution is -2.37. The molecular formula is C26H30N6O3. The summed E-state index contributed by atoms with van der Waals surface area (Å²) >= 11 is 0. The van der Waals surface area contributed by atoms with Gasteiger partial charge in [0.2, 0.25) is 0 Å². The Bertz CT molecular complexity index is 1110. The molecule has 1 aromatic heterocycles. The summed E-state index contributed by atoms with van der Waals surface area (Å²) in [7, 11) is 0. The molecule has 2 aliphatic rings. The second-order valence-corrected chi connectivity index (χ2v) is 8.55. The summed E-state index contributed by atoms with van der Waals surface area (Å²) in [4.78, 5) is 26.7. The third kappa shape index (κ3) is 6.33. The number of aromatic nitrogens is 2. The van der Waals surface area contributed by atoms with Crippen molar-refractivity contribution in [3.63, 3.8) is 0 Å². The SMILES string of the molecule is O=C(Nc1ccccc1)Nc1ccc(-c2nc(CN3CCOCC3)cc(N3CCOCC3)n2)cc1. The molecule has 2 amide bonds. The third-order valence-electron chi connectivity index (χ3n) is 6.02. The summed E-state index contributed by atoms with van der Waals surface area (Å²) in [5.41, 5.74) is 3.32. The van der Waals surface area contributed by atoms with Crippen LogP contribution in [0.25, 0.3) is 11.4 Å². The van der Waals surface area contributed by atoms with Gasteiger partial charge in [-0.15, -0.1) is 0 Å². The minimum Gasteiger partial charge on any atom is -0.379 e. The monoisotopic (exact) mass is 474 g/mol. The van der Waals surface area contributed by atoms with Crippen molar-refractivity contribution in [2.75, 3.05) is 68.1 Å². The predicted molar refractivity (Wildman–Crippen MR) is 136 cm³/mol. The van der Waals surface area contributed by atoms with Gasteiger partial charge in [0.25, 0.3) is 0 Å². The van der Waals surface area contributed by atoms with Crippen LogP contribution in [0.1, 0.15) is 5.69 Å². The van der Waals surface area contributed by atoms with Crippen LogP contribution in [-0.2, 0) is 16.0 Å². The molecule has 0 spiro atoms. The van der Waals surface area contributed by atoms with Crippen molar-refractivity contribution in [1.82, 2.24) is 14.9 Å². The number of morpholine rings is 2. The number of nitrogens with one attached hydrogen (secondary N) is 2. The zero-order valence-electron chi connectivity index (χ0n) is 19.7. The molecule has 2 aromatic carbocycles. The molecule has 2 fully saturated rings. The first-order chi connectivity index (χ1) is 17.2. The van der Waals surface area contributed by atoms with E-state index in [9.17, 15) is 4.79 Å². The van der Waals surface area contributed by atoms with E-state index in [0.29, 0.717) is 24.7 Å². The van der Waals surface area contributed by atoms with Gasteiger partial charge in [0.15, 0.2) is 5.82 Å². The van der Waals surface area contributed by atoms with Gasteiger partial charge in [-0.25, -0.2) is 14.8 Å². The molecule has 5 rings (SSSR count). The number of rotatable bonds is 6. The zero-order valence-corrected chi connectivity index (χ0v) is 19.7. The van der Waals surface area contributed by atoms with Gasteiger partial charge < -0.3 is 25.0 Å². The van der Waals surface area contributed by atoms with Crippen LogP contribution < -0.4 is 15.5 Å². The van der Waals surface area contributed by atoms with E-state index in [1.54, 1.807) is 0 Å². The van der Waals surface area contributed by atoms with Crippen LogP contribution in [0.5, 0.6) is 0 Å². The number of amides is 2. The Morgan fingerprint density at radius 1 is 0.800 bits per heavy atom. The Labute approximate surface area is 205 Å². The highest BCUT2D eigenvalue weighted by Gasteiger charge is 2.18. The first kappa shape index (κ1) is 23.2. The Balaban J connectivity index is 1.33. The fourth-order valence-electron chi connectivity index (χ4n) is 4.15. The van der Waals surface area contributed by atoms with Crippen LogP contribution in [0.3, 0.4) is 0 Å². The normalized spacial score (nSPS) is 16.6. The van der Waals surface area contributed by atoms with Crippen molar-refractivity contribution < 1.29 is 14.3 Å². The summed E-state index contributed by atoms with van der Waals surface area (Å²) in [5, 5.41) is 5.69. The minimum atomic E-state index is -0.290. The van der Waals surface area contributed by atoms with Gasteiger partial charge in [0.05, 0.1) is 32.1 Å². The lowest BCUT2D eigenvalue weighted by molar-refractivity contribution is 0.0336. The molecule has 182 valence electrons. The molecule has 9 nitrogen and oxygen atoms in total. The highest BCUT2D eigenvalue weighted by atomic mass is 16.5. The Morgan fingerprint density at radius 3 is 2.11 bits per heavy atom. The molecule has 0 saturated carbocycles. The second-order valence-electron chi connectivity index (χ2n) is 8.55. The van der Waals surface area contributed by atoms with Crippen molar-refractivity contribution in [3.05, 3.63) is 66.4 Å². The molecule has 9 heteroatoms. The van der Waals surface area contributed by atoms with Crippen molar-refractivity contribution in [3.8, 4) is 11.4 Å². The van der Waals surface area contributed by atoms with Crippen LogP contribution >= 0.6 is 0 Å². The highest BCUT2D eigenvalue weighted by Crippen LogP contribution is 2.24. The van der Waals surface area contributed by atoms with Crippen LogP contribution in [0.15, 0.2) is 60.7 Å². The number of carbonyl (C=O) groups excluding carboxylic acids is 1. The molecule has 0 aliphatic carbocycles. The molecule has 0 radical (unpaired) electrons. The van der Waals surface area contributed by atoms with Crippen molar-refractivity contribution >= 4 is 23.2 Å². The van der Waals surface area contributed by atoms with Gasteiger partial charge >= 0.3 is 6.03 Å². The average Bonchev–Trinajstić information content (AvgIpc) is 2.90.